The summed E-state index contributed by atoms with van der Waals surface area (Å²) in [6.07, 6.45) is 0. The van der Waals surface area contributed by atoms with Gasteiger partial charge in [-0.2, -0.15) is 0 Å². The topological polar surface area (TPSA) is 12.0 Å². The third kappa shape index (κ3) is 3.93. The van der Waals surface area contributed by atoms with E-state index in [1.54, 1.807) is 0 Å². The lowest BCUT2D eigenvalue weighted by molar-refractivity contribution is 0.814. The SMILES string of the molecule is CC.CNCc1c(C)cccc1-c1ccc(C)cc1. The van der Waals surface area contributed by atoms with Crippen molar-refractivity contribution in [2.75, 3.05) is 7.05 Å². The Hall–Kier alpha value is -1.60. The van der Waals surface area contributed by atoms with Crippen molar-refractivity contribution in [1.82, 2.24) is 5.32 Å². The lowest BCUT2D eigenvalue weighted by Gasteiger charge is -2.12. The predicted molar refractivity (Wildman–Crippen MR) is 85.5 cm³/mol. The first kappa shape index (κ1) is 15.5. The Balaban J connectivity index is 0.000000861. The van der Waals surface area contributed by atoms with Crippen molar-refractivity contribution in [3.63, 3.8) is 0 Å². The van der Waals surface area contributed by atoms with Gasteiger partial charge >= 0.3 is 0 Å². The summed E-state index contributed by atoms with van der Waals surface area (Å²) in [4.78, 5) is 0. The fourth-order valence-electron chi connectivity index (χ4n) is 2.12. The average molecular weight is 255 g/mol. The minimum Gasteiger partial charge on any atom is -0.316 e. The van der Waals surface area contributed by atoms with Crippen LogP contribution in [0.2, 0.25) is 0 Å². The minimum absolute atomic E-state index is 0.913. The molecule has 0 bridgehead atoms. The Kier molecular flexibility index (Phi) is 6.31. The molecule has 102 valence electrons. The van der Waals surface area contributed by atoms with Gasteiger partial charge in [0.1, 0.15) is 0 Å². The summed E-state index contributed by atoms with van der Waals surface area (Å²) in [5.74, 6) is 0. The van der Waals surface area contributed by atoms with Crippen LogP contribution in [-0.4, -0.2) is 7.05 Å². The van der Waals surface area contributed by atoms with Gasteiger partial charge in [-0.05, 0) is 43.1 Å². The van der Waals surface area contributed by atoms with Gasteiger partial charge in [0.25, 0.3) is 0 Å². The summed E-state index contributed by atoms with van der Waals surface area (Å²) in [5.41, 5.74) is 6.66. The summed E-state index contributed by atoms with van der Waals surface area (Å²) in [6, 6.07) is 15.2. The van der Waals surface area contributed by atoms with Gasteiger partial charge < -0.3 is 5.32 Å². The van der Waals surface area contributed by atoms with Gasteiger partial charge in [-0.15, -0.1) is 0 Å². The Bertz CT molecular complexity index is 498. The van der Waals surface area contributed by atoms with Crippen LogP contribution in [-0.2, 0) is 6.54 Å². The molecule has 0 saturated heterocycles. The number of rotatable bonds is 3. The number of nitrogens with one attached hydrogen (secondary N) is 1. The fourth-order valence-corrected chi connectivity index (χ4v) is 2.12. The first-order chi connectivity index (χ1) is 9.22. The molecule has 1 nitrogen and oxygen atoms in total. The molecule has 0 atom stereocenters. The zero-order valence-electron chi connectivity index (χ0n) is 12.7. The smallest absolute Gasteiger partial charge is 0.0211 e. The van der Waals surface area contributed by atoms with Gasteiger partial charge in [0.05, 0.1) is 0 Å². The number of hydrogen-bond donors (Lipinski definition) is 1. The maximum atomic E-state index is 3.25. The molecule has 0 aliphatic rings. The highest BCUT2D eigenvalue weighted by Crippen LogP contribution is 2.26. The minimum atomic E-state index is 0.913. The second-order valence-corrected chi connectivity index (χ2v) is 4.50. The first-order valence-corrected chi connectivity index (χ1v) is 7.02. The summed E-state index contributed by atoms with van der Waals surface area (Å²) in [7, 11) is 1.99. The molecule has 0 amide bonds. The van der Waals surface area contributed by atoms with Gasteiger partial charge in [0.2, 0.25) is 0 Å². The monoisotopic (exact) mass is 255 g/mol. The van der Waals surface area contributed by atoms with Crippen molar-refractivity contribution >= 4 is 0 Å². The quantitative estimate of drug-likeness (QED) is 0.837. The Morgan fingerprint density at radius 3 is 2.11 bits per heavy atom. The van der Waals surface area contributed by atoms with Crippen molar-refractivity contribution in [1.29, 1.82) is 0 Å². The van der Waals surface area contributed by atoms with E-state index < -0.39 is 0 Å². The van der Waals surface area contributed by atoms with Crippen LogP contribution < -0.4 is 5.32 Å². The molecule has 1 heteroatoms. The molecule has 0 radical (unpaired) electrons. The summed E-state index contributed by atoms with van der Waals surface area (Å²) < 4.78 is 0. The largest absolute Gasteiger partial charge is 0.316 e. The molecule has 0 spiro atoms. The van der Waals surface area contributed by atoms with Gasteiger partial charge in [0, 0.05) is 6.54 Å². The van der Waals surface area contributed by atoms with E-state index >= 15 is 0 Å². The van der Waals surface area contributed by atoms with Crippen LogP contribution in [0.3, 0.4) is 0 Å². The number of benzene rings is 2. The van der Waals surface area contributed by atoms with Crippen LogP contribution in [0.4, 0.5) is 0 Å². The summed E-state index contributed by atoms with van der Waals surface area (Å²) in [5, 5.41) is 3.25. The van der Waals surface area contributed by atoms with E-state index in [1.165, 1.54) is 27.8 Å². The van der Waals surface area contributed by atoms with Crippen molar-refractivity contribution in [3.05, 3.63) is 59.2 Å². The molecule has 19 heavy (non-hydrogen) atoms. The van der Waals surface area contributed by atoms with Gasteiger partial charge in [0.15, 0.2) is 0 Å². The zero-order chi connectivity index (χ0) is 14.3. The van der Waals surface area contributed by atoms with E-state index in [4.69, 9.17) is 0 Å². The molecular weight excluding hydrogens is 230 g/mol. The summed E-state index contributed by atoms with van der Waals surface area (Å²) >= 11 is 0. The van der Waals surface area contributed by atoms with E-state index in [0.717, 1.165) is 6.54 Å². The Morgan fingerprint density at radius 1 is 0.895 bits per heavy atom. The van der Waals surface area contributed by atoms with E-state index in [0.29, 0.717) is 0 Å². The lowest BCUT2D eigenvalue weighted by Crippen LogP contribution is -2.08. The van der Waals surface area contributed by atoms with Gasteiger partial charge in [-0.1, -0.05) is 61.9 Å². The van der Waals surface area contributed by atoms with Crippen LogP contribution in [0.1, 0.15) is 30.5 Å². The second-order valence-electron chi connectivity index (χ2n) is 4.50. The van der Waals surface area contributed by atoms with Crippen molar-refractivity contribution in [3.8, 4) is 11.1 Å². The second kappa shape index (κ2) is 7.75. The summed E-state index contributed by atoms with van der Waals surface area (Å²) in [6.45, 7) is 9.20. The highest BCUT2D eigenvalue weighted by molar-refractivity contribution is 5.68. The van der Waals surface area contributed by atoms with Gasteiger partial charge in [-0.25, -0.2) is 0 Å². The van der Waals surface area contributed by atoms with Crippen LogP contribution in [0, 0.1) is 13.8 Å². The lowest BCUT2D eigenvalue weighted by atomic mass is 9.95. The molecule has 0 heterocycles. The Morgan fingerprint density at radius 2 is 1.53 bits per heavy atom. The number of aryl methyl sites for hydroxylation is 2. The zero-order valence-corrected chi connectivity index (χ0v) is 12.7. The third-order valence-electron chi connectivity index (χ3n) is 3.13. The molecule has 2 rings (SSSR count). The molecule has 2 aromatic carbocycles. The third-order valence-corrected chi connectivity index (χ3v) is 3.13. The Labute approximate surface area is 117 Å². The molecule has 0 aliphatic heterocycles. The molecule has 0 aliphatic carbocycles. The van der Waals surface area contributed by atoms with E-state index in [-0.39, 0.29) is 0 Å². The van der Waals surface area contributed by atoms with E-state index in [1.807, 2.05) is 20.9 Å². The van der Waals surface area contributed by atoms with Crippen molar-refractivity contribution < 1.29 is 0 Å². The predicted octanol–water partition coefficient (Wildman–Crippen LogP) is 4.72. The molecule has 2 aromatic rings. The molecule has 0 fully saturated rings. The van der Waals surface area contributed by atoms with Crippen molar-refractivity contribution in [2.24, 2.45) is 0 Å². The van der Waals surface area contributed by atoms with E-state index in [2.05, 4.69) is 61.6 Å². The van der Waals surface area contributed by atoms with Crippen LogP contribution in [0.15, 0.2) is 42.5 Å². The van der Waals surface area contributed by atoms with E-state index in [9.17, 15) is 0 Å². The highest BCUT2D eigenvalue weighted by Gasteiger charge is 2.06. The molecular formula is C18H25N. The molecule has 1 N–H and O–H groups in total. The van der Waals surface area contributed by atoms with Crippen LogP contribution >= 0.6 is 0 Å². The average Bonchev–Trinajstić information content (AvgIpc) is 2.44. The van der Waals surface area contributed by atoms with Gasteiger partial charge in [-0.3, -0.25) is 0 Å². The fraction of sp³-hybridized carbons (Fsp3) is 0.333. The first-order valence-electron chi connectivity index (χ1n) is 7.02. The molecule has 0 saturated carbocycles. The number of hydrogen-bond acceptors (Lipinski definition) is 1. The molecule has 0 aromatic heterocycles. The van der Waals surface area contributed by atoms with Crippen LogP contribution in [0.25, 0.3) is 11.1 Å². The highest BCUT2D eigenvalue weighted by atomic mass is 14.8. The van der Waals surface area contributed by atoms with Crippen LogP contribution in [0.5, 0.6) is 0 Å². The standard InChI is InChI=1S/C16H19N.C2H6/c1-12-7-9-14(10-8-12)15-6-4-5-13(2)16(15)11-17-3;1-2/h4-10,17H,11H2,1-3H3;1-2H3. The van der Waals surface area contributed by atoms with Crippen molar-refractivity contribution in [2.45, 2.75) is 34.2 Å². The molecule has 0 unspecified atom stereocenters. The normalized spacial score (nSPS) is 9.74. The maximum absolute atomic E-state index is 3.25. The maximum Gasteiger partial charge on any atom is 0.0211 e.